The first kappa shape index (κ1) is 30.2. The van der Waals surface area contributed by atoms with Crippen molar-refractivity contribution in [2.75, 3.05) is 12.4 Å². The highest BCUT2D eigenvalue weighted by molar-refractivity contribution is 8.05. The molecule has 0 amide bonds. The maximum absolute atomic E-state index is 13.6. The number of ketones is 1. The van der Waals surface area contributed by atoms with E-state index in [4.69, 9.17) is 20.0 Å². The van der Waals surface area contributed by atoms with Crippen LogP contribution in [0.3, 0.4) is 0 Å². The van der Waals surface area contributed by atoms with Crippen molar-refractivity contribution in [3.05, 3.63) is 51.9 Å². The summed E-state index contributed by atoms with van der Waals surface area (Å²) in [5.74, 6) is -1.82. The lowest BCUT2D eigenvalue weighted by Crippen LogP contribution is -2.59. The summed E-state index contributed by atoms with van der Waals surface area (Å²) in [6.07, 6.45) is 4.65. The number of rotatable bonds is 13. The standard InChI is InChI=1S/C25H25N7O6S4/c1-3-38-30-20(23-28-15(42-31-23)8-37-11-26)19(29-36)18-21(33)17-16(24(34)35)14(10-39-22(17)18)41-25-27-13(9-40-25)12-4-6-32(2)7-5-12/h4-7,9,11,14,18-19,22,26,29,36H,3,8,10H2,1-2H3/p+1/t14?,18-,19?,22+/m1/s1. The molecule has 4 N–H and O–H groups in total. The lowest BCUT2D eigenvalue weighted by molar-refractivity contribution is -0.671. The number of hydrogen-bond donors (Lipinski definition) is 4. The van der Waals surface area contributed by atoms with E-state index in [1.165, 1.54) is 34.9 Å². The van der Waals surface area contributed by atoms with Crippen LogP contribution in [0.5, 0.6) is 0 Å². The van der Waals surface area contributed by atoms with E-state index in [2.05, 4.69) is 20.0 Å². The van der Waals surface area contributed by atoms with Gasteiger partial charge in [-0.3, -0.25) is 10.2 Å². The molecule has 0 aromatic carbocycles. The topological polar surface area (TPSA) is 184 Å². The average Bonchev–Trinajstić information content (AvgIpc) is 3.65. The molecule has 5 rings (SSSR count). The predicted octanol–water partition coefficient (Wildman–Crippen LogP) is 2.55. The minimum absolute atomic E-state index is 0.0275. The van der Waals surface area contributed by atoms with Crippen molar-refractivity contribution in [2.24, 2.45) is 18.1 Å². The number of nitrogens with zero attached hydrogens (tertiary/aromatic N) is 5. The Bertz CT molecular complexity index is 1540. The molecule has 1 aliphatic heterocycles. The van der Waals surface area contributed by atoms with E-state index in [0.717, 1.165) is 29.2 Å². The Labute approximate surface area is 256 Å². The highest BCUT2D eigenvalue weighted by Gasteiger charge is 2.56. The van der Waals surface area contributed by atoms with Gasteiger partial charge in [0.1, 0.15) is 26.0 Å². The van der Waals surface area contributed by atoms with E-state index in [1.807, 2.05) is 41.5 Å². The maximum atomic E-state index is 13.6. The van der Waals surface area contributed by atoms with Crippen molar-refractivity contribution in [2.45, 2.75) is 34.4 Å². The van der Waals surface area contributed by atoms with Crippen molar-refractivity contribution < 1.29 is 34.0 Å². The van der Waals surface area contributed by atoms with E-state index < -0.39 is 34.2 Å². The van der Waals surface area contributed by atoms with Gasteiger partial charge in [-0.25, -0.2) is 19.3 Å². The van der Waals surface area contributed by atoms with Crippen molar-refractivity contribution in [1.82, 2.24) is 19.8 Å². The molecule has 13 nitrogen and oxygen atoms in total. The van der Waals surface area contributed by atoms with Crippen molar-refractivity contribution >= 4 is 70.3 Å². The molecular weight excluding hydrogens is 623 g/mol. The van der Waals surface area contributed by atoms with Crippen LogP contribution in [0.2, 0.25) is 0 Å². The van der Waals surface area contributed by atoms with E-state index in [-0.39, 0.29) is 35.9 Å². The number of thiazole rings is 1. The second kappa shape index (κ2) is 13.4. The normalized spacial score (nSPS) is 21.0. The number of oxime groups is 1. The van der Waals surface area contributed by atoms with Gasteiger partial charge in [-0.15, -0.1) is 11.3 Å². The fourth-order valence-corrected chi connectivity index (χ4v) is 9.12. The molecule has 220 valence electrons. The zero-order valence-corrected chi connectivity index (χ0v) is 25.6. The summed E-state index contributed by atoms with van der Waals surface area (Å²) in [6, 6.07) is 2.87. The van der Waals surface area contributed by atoms with Crippen LogP contribution >= 0.6 is 46.4 Å². The molecule has 4 atom stereocenters. The molecule has 1 aliphatic carbocycles. The van der Waals surface area contributed by atoms with Crippen LogP contribution in [-0.4, -0.2) is 77.4 Å². The molecule has 42 heavy (non-hydrogen) atoms. The first-order valence-electron chi connectivity index (χ1n) is 12.6. The third kappa shape index (κ3) is 6.11. The fraction of sp³-hybridized carbons (Fsp3) is 0.360. The summed E-state index contributed by atoms with van der Waals surface area (Å²) < 4.78 is 11.9. The van der Waals surface area contributed by atoms with Gasteiger partial charge in [0.15, 0.2) is 39.7 Å². The molecule has 2 aliphatic rings. The molecule has 0 radical (unpaired) electrons. The third-order valence-electron chi connectivity index (χ3n) is 6.52. The Morgan fingerprint density at radius 3 is 2.86 bits per heavy atom. The second-order valence-corrected chi connectivity index (χ2v) is 13.4. The van der Waals surface area contributed by atoms with Gasteiger partial charge < -0.3 is 19.9 Å². The van der Waals surface area contributed by atoms with Crippen molar-refractivity contribution in [3.8, 4) is 11.3 Å². The zero-order valence-electron chi connectivity index (χ0n) is 22.3. The highest BCUT2D eigenvalue weighted by Crippen LogP contribution is 2.51. The largest absolute Gasteiger partial charge is 0.478 e. The van der Waals surface area contributed by atoms with E-state index in [0.29, 0.717) is 15.1 Å². The molecule has 1 saturated carbocycles. The van der Waals surface area contributed by atoms with Gasteiger partial charge >= 0.3 is 5.97 Å². The molecule has 0 saturated heterocycles. The molecule has 3 aromatic rings. The SMILES string of the molecule is CCON=C(c1nsc(COC=N)n1)C(NO)[C@@H]1C(=O)C2=C(C(=O)O)C(Sc3nc(-c4cc[n+](C)cc4)cs3)CS[C@@H]21. The Morgan fingerprint density at radius 1 is 1.38 bits per heavy atom. The lowest BCUT2D eigenvalue weighted by atomic mass is 9.69. The monoisotopic (exact) mass is 648 g/mol. The molecule has 3 aromatic heterocycles. The summed E-state index contributed by atoms with van der Waals surface area (Å²) in [5, 5.41) is 32.9. The Morgan fingerprint density at radius 2 is 2.17 bits per heavy atom. The quantitative estimate of drug-likeness (QED) is 0.0921. The minimum atomic E-state index is -1.15. The number of carboxylic acids is 1. The number of aryl methyl sites for hydroxylation is 1. The summed E-state index contributed by atoms with van der Waals surface area (Å²) in [7, 11) is 1.93. The summed E-state index contributed by atoms with van der Waals surface area (Å²) in [4.78, 5) is 40.4. The van der Waals surface area contributed by atoms with Gasteiger partial charge in [0, 0.05) is 39.7 Å². The number of hydrogen-bond acceptors (Lipinski definition) is 15. The number of nitrogens with one attached hydrogen (secondary N) is 2. The highest BCUT2D eigenvalue weighted by atomic mass is 32.2. The van der Waals surface area contributed by atoms with Crippen LogP contribution < -0.4 is 10.0 Å². The Balaban J connectivity index is 1.39. The predicted molar refractivity (Wildman–Crippen MR) is 158 cm³/mol. The van der Waals surface area contributed by atoms with Crippen LogP contribution in [0, 0.1) is 11.3 Å². The van der Waals surface area contributed by atoms with Crippen LogP contribution in [-0.2, 0) is 32.8 Å². The van der Waals surface area contributed by atoms with Gasteiger partial charge in [-0.2, -0.15) is 21.6 Å². The molecular formula is C25H26N7O6S4+. The zero-order chi connectivity index (χ0) is 29.8. The first-order chi connectivity index (χ1) is 20.4. The number of pyridine rings is 1. The number of Topliss-reactive ketones (excluding diaryl/α,β-unsaturated/α-hetero) is 1. The lowest BCUT2D eigenvalue weighted by Gasteiger charge is -2.45. The third-order valence-corrected chi connectivity index (χ3v) is 11.0. The average molecular weight is 649 g/mol. The molecule has 2 unspecified atom stereocenters. The molecule has 1 fully saturated rings. The van der Waals surface area contributed by atoms with Gasteiger partial charge in [-0.05, 0) is 18.5 Å². The van der Waals surface area contributed by atoms with Crippen molar-refractivity contribution in [1.29, 1.82) is 5.41 Å². The number of ether oxygens (including phenoxy) is 1. The smallest absolute Gasteiger partial charge is 0.333 e. The maximum Gasteiger partial charge on any atom is 0.333 e. The number of carbonyl (C=O) groups is 2. The molecule has 0 spiro atoms. The molecule has 17 heteroatoms. The van der Waals surface area contributed by atoms with Gasteiger partial charge in [0.2, 0.25) is 0 Å². The number of thioether (sulfide) groups is 2. The second-order valence-electron chi connectivity index (χ2n) is 9.08. The van der Waals surface area contributed by atoms with Crippen LogP contribution in [0.1, 0.15) is 17.8 Å². The van der Waals surface area contributed by atoms with Gasteiger partial charge in [0.25, 0.3) is 0 Å². The van der Waals surface area contributed by atoms with Gasteiger partial charge in [-0.1, -0.05) is 16.9 Å². The van der Waals surface area contributed by atoms with E-state index >= 15 is 0 Å². The molecule has 4 heterocycles. The van der Waals surface area contributed by atoms with Gasteiger partial charge in [0.05, 0.1) is 28.5 Å². The van der Waals surface area contributed by atoms with E-state index in [9.17, 15) is 19.9 Å². The molecule has 0 bridgehead atoms. The first-order valence-corrected chi connectivity index (χ1v) is 16.2. The summed E-state index contributed by atoms with van der Waals surface area (Å²) in [6.45, 7) is 1.98. The van der Waals surface area contributed by atoms with Crippen molar-refractivity contribution in [3.63, 3.8) is 0 Å². The van der Waals surface area contributed by atoms with Crippen LogP contribution in [0.15, 0.2) is 50.5 Å². The Hall–Kier alpha value is -3.22. The number of carboxylic acid groups (broad SMARTS) is 1. The summed E-state index contributed by atoms with van der Waals surface area (Å²) in [5.41, 5.74) is 4.33. The van der Waals surface area contributed by atoms with Crippen LogP contribution in [0.25, 0.3) is 11.3 Å². The number of carbonyl (C=O) groups excluding carboxylic acids is 1. The van der Waals surface area contributed by atoms with E-state index in [1.54, 1.807) is 6.92 Å². The minimum Gasteiger partial charge on any atom is -0.478 e. The van der Waals surface area contributed by atoms with Crippen LogP contribution in [0.4, 0.5) is 0 Å². The number of aromatic nitrogens is 4. The number of hydroxylamine groups is 1. The fourth-order valence-electron chi connectivity index (χ4n) is 4.58. The number of aliphatic carboxylic acids is 1. The number of fused-ring (bicyclic) bond motifs is 1. The summed E-state index contributed by atoms with van der Waals surface area (Å²) >= 11 is 5.25. The Kier molecular flexibility index (Phi) is 9.64.